The van der Waals surface area contributed by atoms with Crippen LogP contribution in [0.3, 0.4) is 0 Å². The number of H-pyrrole nitrogens is 1. The molecule has 5 rings (SSSR count). The van der Waals surface area contributed by atoms with Gasteiger partial charge in [-0.25, -0.2) is 14.2 Å². The third kappa shape index (κ3) is 3.53. The standard InChI is InChI=1S/C23H19FN6O2/c1-13-2-3-19-17(6-13)14(10-27-19)4-5-26-21-8-20(15-7-16(24)11-25-9-15)29-22-18(23(31)32)12-28-30(21)22/h2-3,6-12,26-27H,4-5H2,1H3,(H,31,32). The fourth-order valence-electron chi connectivity index (χ4n) is 3.76. The van der Waals surface area contributed by atoms with E-state index in [1.54, 1.807) is 6.07 Å². The summed E-state index contributed by atoms with van der Waals surface area (Å²) in [6.07, 6.45) is 6.57. The quantitative estimate of drug-likeness (QED) is 0.375. The highest BCUT2D eigenvalue weighted by Crippen LogP contribution is 2.25. The van der Waals surface area contributed by atoms with Crippen LogP contribution in [0.5, 0.6) is 0 Å². The Kier molecular flexibility index (Phi) is 4.78. The maximum atomic E-state index is 13.7. The molecule has 0 aliphatic carbocycles. The van der Waals surface area contributed by atoms with E-state index in [0.717, 1.165) is 18.1 Å². The predicted molar refractivity (Wildman–Crippen MR) is 118 cm³/mol. The van der Waals surface area contributed by atoms with Crippen molar-refractivity contribution in [2.75, 3.05) is 11.9 Å². The number of hydrogen-bond acceptors (Lipinski definition) is 5. The smallest absolute Gasteiger partial charge is 0.341 e. The minimum absolute atomic E-state index is 0.0358. The zero-order valence-electron chi connectivity index (χ0n) is 17.1. The van der Waals surface area contributed by atoms with E-state index in [2.05, 4.69) is 50.5 Å². The van der Waals surface area contributed by atoms with Crippen molar-refractivity contribution in [3.05, 3.63) is 77.6 Å². The number of fused-ring (bicyclic) bond motifs is 2. The Morgan fingerprint density at radius 3 is 2.91 bits per heavy atom. The number of carbonyl (C=O) groups is 1. The molecule has 5 aromatic rings. The molecular formula is C23H19FN6O2. The van der Waals surface area contributed by atoms with E-state index < -0.39 is 11.8 Å². The van der Waals surface area contributed by atoms with Crippen molar-refractivity contribution >= 4 is 28.3 Å². The second-order valence-electron chi connectivity index (χ2n) is 7.56. The van der Waals surface area contributed by atoms with Crippen molar-refractivity contribution in [1.82, 2.24) is 24.6 Å². The summed E-state index contributed by atoms with van der Waals surface area (Å²) in [6, 6.07) is 9.29. The van der Waals surface area contributed by atoms with Crippen LogP contribution < -0.4 is 5.32 Å². The summed E-state index contributed by atoms with van der Waals surface area (Å²) >= 11 is 0. The van der Waals surface area contributed by atoms with Gasteiger partial charge in [-0.3, -0.25) is 4.98 Å². The number of nitrogens with zero attached hydrogens (tertiary/aromatic N) is 4. The molecule has 0 saturated carbocycles. The molecule has 0 atom stereocenters. The average Bonchev–Trinajstić information content (AvgIpc) is 3.38. The van der Waals surface area contributed by atoms with Crippen LogP contribution in [-0.4, -0.2) is 42.2 Å². The summed E-state index contributed by atoms with van der Waals surface area (Å²) in [4.78, 5) is 23.2. The second kappa shape index (κ2) is 7.77. The normalized spacial score (nSPS) is 11.3. The Morgan fingerprint density at radius 2 is 2.09 bits per heavy atom. The molecule has 0 aliphatic heterocycles. The molecule has 0 aliphatic rings. The number of hydrogen-bond donors (Lipinski definition) is 3. The second-order valence-corrected chi connectivity index (χ2v) is 7.56. The SMILES string of the molecule is Cc1ccc2[nH]cc(CCNc3cc(-c4cncc(F)c4)nc4c(C(=O)O)cnn34)c2c1. The summed E-state index contributed by atoms with van der Waals surface area (Å²) in [5, 5.41) is 18.2. The van der Waals surface area contributed by atoms with Gasteiger partial charge in [0.2, 0.25) is 0 Å². The van der Waals surface area contributed by atoms with Crippen LogP contribution in [-0.2, 0) is 6.42 Å². The molecule has 4 heterocycles. The lowest BCUT2D eigenvalue weighted by atomic mass is 10.1. The molecule has 32 heavy (non-hydrogen) atoms. The van der Waals surface area contributed by atoms with Crippen molar-refractivity contribution in [2.45, 2.75) is 13.3 Å². The van der Waals surface area contributed by atoms with Gasteiger partial charge in [-0.2, -0.15) is 9.61 Å². The first-order chi connectivity index (χ1) is 15.5. The lowest BCUT2D eigenvalue weighted by Crippen LogP contribution is -2.10. The van der Waals surface area contributed by atoms with Gasteiger partial charge < -0.3 is 15.4 Å². The zero-order chi connectivity index (χ0) is 22.2. The molecule has 0 bridgehead atoms. The maximum Gasteiger partial charge on any atom is 0.341 e. The summed E-state index contributed by atoms with van der Waals surface area (Å²) in [7, 11) is 0. The molecule has 1 aromatic carbocycles. The van der Waals surface area contributed by atoms with Gasteiger partial charge in [0.05, 0.1) is 18.1 Å². The molecule has 4 aromatic heterocycles. The predicted octanol–water partition coefficient (Wildman–Crippen LogP) is 4.07. The van der Waals surface area contributed by atoms with E-state index in [1.807, 2.05) is 6.20 Å². The number of aromatic carboxylic acids is 1. The van der Waals surface area contributed by atoms with Gasteiger partial charge in [0.25, 0.3) is 0 Å². The number of anilines is 1. The topological polar surface area (TPSA) is 108 Å². The third-order valence-corrected chi connectivity index (χ3v) is 5.33. The summed E-state index contributed by atoms with van der Waals surface area (Å²) in [6.45, 7) is 2.63. The van der Waals surface area contributed by atoms with Gasteiger partial charge in [0.15, 0.2) is 5.65 Å². The Morgan fingerprint density at radius 1 is 1.22 bits per heavy atom. The van der Waals surface area contributed by atoms with Crippen molar-refractivity contribution < 1.29 is 14.3 Å². The number of pyridine rings is 1. The van der Waals surface area contributed by atoms with Crippen LogP contribution in [0, 0.1) is 12.7 Å². The van der Waals surface area contributed by atoms with Gasteiger partial charge in [-0.15, -0.1) is 0 Å². The Balaban J connectivity index is 1.49. The van der Waals surface area contributed by atoms with E-state index in [-0.39, 0.29) is 11.2 Å². The molecule has 0 fully saturated rings. The van der Waals surface area contributed by atoms with Gasteiger partial charge in [-0.05, 0) is 37.1 Å². The Bertz CT molecular complexity index is 1470. The van der Waals surface area contributed by atoms with Gasteiger partial charge in [0.1, 0.15) is 17.2 Å². The van der Waals surface area contributed by atoms with Crippen LogP contribution in [0.4, 0.5) is 10.2 Å². The minimum Gasteiger partial charge on any atom is -0.477 e. The molecule has 0 saturated heterocycles. The average molecular weight is 430 g/mol. The number of aromatic amines is 1. The number of halogens is 1. The number of carboxylic acids is 1. The number of aromatic nitrogens is 5. The van der Waals surface area contributed by atoms with E-state index in [4.69, 9.17) is 0 Å². The first-order valence-electron chi connectivity index (χ1n) is 10.0. The van der Waals surface area contributed by atoms with E-state index in [1.165, 1.54) is 39.5 Å². The fourth-order valence-corrected chi connectivity index (χ4v) is 3.76. The van der Waals surface area contributed by atoms with E-state index in [9.17, 15) is 14.3 Å². The largest absolute Gasteiger partial charge is 0.477 e. The molecule has 0 amide bonds. The molecule has 0 spiro atoms. The number of rotatable bonds is 6. The molecular weight excluding hydrogens is 411 g/mol. The summed E-state index contributed by atoms with van der Waals surface area (Å²) in [5.41, 5.74) is 4.42. The summed E-state index contributed by atoms with van der Waals surface area (Å²) in [5.74, 6) is -1.08. The van der Waals surface area contributed by atoms with Crippen molar-refractivity contribution in [1.29, 1.82) is 0 Å². The van der Waals surface area contributed by atoms with Crippen LogP contribution in [0.2, 0.25) is 0 Å². The van der Waals surface area contributed by atoms with Crippen LogP contribution in [0.1, 0.15) is 21.5 Å². The number of nitrogens with one attached hydrogen (secondary N) is 2. The van der Waals surface area contributed by atoms with Crippen molar-refractivity contribution in [3.63, 3.8) is 0 Å². The van der Waals surface area contributed by atoms with Crippen molar-refractivity contribution in [3.8, 4) is 11.3 Å². The number of aryl methyl sites for hydroxylation is 1. The highest BCUT2D eigenvalue weighted by molar-refractivity contribution is 5.94. The third-order valence-electron chi connectivity index (χ3n) is 5.33. The molecule has 9 heteroatoms. The van der Waals surface area contributed by atoms with Crippen LogP contribution in [0.15, 0.2) is 55.1 Å². The lowest BCUT2D eigenvalue weighted by Gasteiger charge is -2.11. The fraction of sp³-hybridized carbons (Fsp3) is 0.130. The number of carboxylic acid groups (broad SMARTS) is 1. The van der Waals surface area contributed by atoms with Gasteiger partial charge in [-0.1, -0.05) is 11.6 Å². The van der Waals surface area contributed by atoms with Crippen LogP contribution >= 0.6 is 0 Å². The first kappa shape index (κ1) is 19.7. The first-order valence-corrected chi connectivity index (χ1v) is 10.0. The monoisotopic (exact) mass is 430 g/mol. The highest BCUT2D eigenvalue weighted by Gasteiger charge is 2.17. The minimum atomic E-state index is -1.14. The summed E-state index contributed by atoms with van der Waals surface area (Å²) < 4.78 is 15.2. The molecule has 8 nitrogen and oxygen atoms in total. The van der Waals surface area contributed by atoms with Gasteiger partial charge >= 0.3 is 5.97 Å². The van der Waals surface area contributed by atoms with Crippen molar-refractivity contribution in [2.24, 2.45) is 0 Å². The van der Waals surface area contributed by atoms with Crippen LogP contribution in [0.25, 0.3) is 27.8 Å². The molecule has 3 N–H and O–H groups in total. The highest BCUT2D eigenvalue weighted by atomic mass is 19.1. The van der Waals surface area contributed by atoms with Gasteiger partial charge in [0, 0.05) is 41.5 Å². The van der Waals surface area contributed by atoms with E-state index in [0.29, 0.717) is 23.6 Å². The Labute approximate surface area is 181 Å². The number of benzene rings is 1. The zero-order valence-corrected chi connectivity index (χ0v) is 17.1. The van der Waals surface area contributed by atoms with E-state index >= 15 is 0 Å². The lowest BCUT2D eigenvalue weighted by molar-refractivity contribution is 0.0698. The maximum absolute atomic E-state index is 13.7. The Hall–Kier alpha value is -4.27. The molecule has 0 radical (unpaired) electrons. The molecule has 160 valence electrons. The molecule has 0 unspecified atom stereocenters.